The van der Waals surface area contributed by atoms with Gasteiger partial charge in [-0.3, -0.25) is 0 Å². The molecule has 0 aliphatic rings. The lowest BCUT2D eigenvalue weighted by atomic mass is 10.4. The predicted molar refractivity (Wildman–Crippen MR) is 63.1 cm³/mol. The molecule has 0 N–H and O–H groups in total. The average Bonchev–Trinajstić information content (AvgIpc) is 2.47. The van der Waals surface area contributed by atoms with Crippen molar-refractivity contribution < 1.29 is 0 Å². The standard InChI is InChI=1S/C8H3BrCl2N2S/c9-4-3-5(14-7(4)11)8-12-2-1-6(10)13-8/h1-3H. The van der Waals surface area contributed by atoms with Crippen LogP contribution in [0.1, 0.15) is 0 Å². The van der Waals surface area contributed by atoms with Gasteiger partial charge in [-0.15, -0.1) is 11.3 Å². The molecule has 0 amide bonds. The van der Waals surface area contributed by atoms with Crippen LogP contribution in [-0.2, 0) is 0 Å². The lowest BCUT2D eigenvalue weighted by molar-refractivity contribution is 1.19. The van der Waals surface area contributed by atoms with Crippen molar-refractivity contribution in [3.05, 3.63) is 32.3 Å². The van der Waals surface area contributed by atoms with E-state index in [1.807, 2.05) is 6.07 Å². The van der Waals surface area contributed by atoms with Gasteiger partial charge in [0, 0.05) is 10.7 Å². The third-order valence-corrected chi connectivity index (χ3v) is 4.17. The Morgan fingerprint density at radius 2 is 2.14 bits per heavy atom. The topological polar surface area (TPSA) is 25.8 Å². The van der Waals surface area contributed by atoms with E-state index in [2.05, 4.69) is 25.9 Å². The van der Waals surface area contributed by atoms with E-state index >= 15 is 0 Å². The van der Waals surface area contributed by atoms with Crippen LogP contribution in [0.15, 0.2) is 22.8 Å². The summed E-state index contributed by atoms with van der Waals surface area (Å²) in [6, 6.07) is 3.51. The first-order valence-electron chi connectivity index (χ1n) is 3.60. The second kappa shape index (κ2) is 4.14. The van der Waals surface area contributed by atoms with E-state index in [-0.39, 0.29) is 0 Å². The van der Waals surface area contributed by atoms with Gasteiger partial charge in [0.2, 0.25) is 0 Å². The quantitative estimate of drug-likeness (QED) is 0.735. The van der Waals surface area contributed by atoms with Gasteiger partial charge in [0.05, 0.1) is 4.88 Å². The summed E-state index contributed by atoms with van der Waals surface area (Å²) in [6.07, 6.45) is 1.62. The smallest absolute Gasteiger partial charge is 0.171 e. The van der Waals surface area contributed by atoms with Crippen LogP contribution in [0.5, 0.6) is 0 Å². The van der Waals surface area contributed by atoms with Gasteiger partial charge >= 0.3 is 0 Å². The zero-order valence-electron chi connectivity index (χ0n) is 6.67. The number of hydrogen-bond acceptors (Lipinski definition) is 3. The molecule has 2 aromatic heterocycles. The molecule has 14 heavy (non-hydrogen) atoms. The lowest BCUT2D eigenvalue weighted by Crippen LogP contribution is -1.84. The second-order valence-electron chi connectivity index (χ2n) is 2.44. The maximum Gasteiger partial charge on any atom is 0.171 e. The third-order valence-electron chi connectivity index (χ3n) is 1.49. The summed E-state index contributed by atoms with van der Waals surface area (Å²) < 4.78 is 1.53. The van der Waals surface area contributed by atoms with Crippen LogP contribution in [0, 0.1) is 0 Å². The first-order chi connectivity index (χ1) is 6.66. The summed E-state index contributed by atoms with van der Waals surface area (Å²) >= 11 is 16.4. The van der Waals surface area contributed by atoms with E-state index in [1.54, 1.807) is 12.3 Å². The Morgan fingerprint density at radius 3 is 2.71 bits per heavy atom. The molecule has 2 rings (SSSR count). The molecule has 0 unspecified atom stereocenters. The van der Waals surface area contributed by atoms with Crippen molar-refractivity contribution in [3.63, 3.8) is 0 Å². The molecule has 0 aromatic carbocycles. The van der Waals surface area contributed by atoms with Gasteiger partial charge in [-0.25, -0.2) is 9.97 Å². The van der Waals surface area contributed by atoms with Crippen LogP contribution in [0.2, 0.25) is 9.49 Å². The molecule has 72 valence electrons. The Labute approximate surface area is 103 Å². The Hall–Kier alpha value is -0.160. The van der Waals surface area contributed by atoms with E-state index in [1.165, 1.54) is 11.3 Å². The molecule has 0 bridgehead atoms. The minimum Gasteiger partial charge on any atom is -0.236 e. The van der Waals surface area contributed by atoms with Crippen molar-refractivity contribution >= 4 is 50.5 Å². The van der Waals surface area contributed by atoms with Gasteiger partial charge in [0.25, 0.3) is 0 Å². The third kappa shape index (κ3) is 2.08. The van der Waals surface area contributed by atoms with Crippen LogP contribution < -0.4 is 0 Å². The minimum absolute atomic E-state index is 0.427. The molecule has 0 radical (unpaired) electrons. The monoisotopic (exact) mass is 308 g/mol. The van der Waals surface area contributed by atoms with Crippen LogP contribution in [-0.4, -0.2) is 9.97 Å². The molecule has 0 spiro atoms. The van der Waals surface area contributed by atoms with Gasteiger partial charge in [0.1, 0.15) is 9.49 Å². The molecular weight excluding hydrogens is 307 g/mol. The number of hydrogen-bond donors (Lipinski definition) is 0. The van der Waals surface area contributed by atoms with Gasteiger partial charge in [-0.2, -0.15) is 0 Å². The summed E-state index contributed by atoms with van der Waals surface area (Å²) in [5.74, 6) is 0.593. The zero-order chi connectivity index (χ0) is 10.1. The summed E-state index contributed by atoms with van der Waals surface area (Å²) in [7, 11) is 0. The highest BCUT2D eigenvalue weighted by atomic mass is 79.9. The highest BCUT2D eigenvalue weighted by Gasteiger charge is 2.08. The minimum atomic E-state index is 0.427. The fourth-order valence-electron chi connectivity index (χ4n) is 0.912. The second-order valence-corrected chi connectivity index (χ2v) is 5.33. The first kappa shape index (κ1) is 10.4. The maximum atomic E-state index is 5.90. The number of thiophene rings is 1. The normalized spacial score (nSPS) is 10.5. The van der Waals surface area contributed by atoms with Crippen LogP contribution >= 0.6 is 50.5 Å². The number of halogens is 3. The van der Waals surface area contributed by atoms with Crippen molar-refractivity contribution in [2.75, 3.05) is 0 Å². The zero-order valence-corrected chi connectivity index (χ0v) is 10.6. The van der Waals surface area contributed by atoms with E-state index < -0.39 is 0 Å². The highest BCUT2D eigenvalue weighted by molar-refractivity contribution is 9.10. The largest absolute Gasteiger partial charge is 0.236 e. The van der Waals surface area contributed by atoms with Gasteiger partial charge in [-0.1, -0.05) is 23.2 Å². The molecule has 0 saturated carbocycles. The summed E-state index contributed by atoms with van der Waals surface area (Å²) in [5, 5.41) is 0.427. The van der Waals surface area contributed by atoms with Gasteiger partial charge in [0.15, 0.2) is 5.82 Å². The first-order valence-corrected chi connectivity index (χ1v) is 5.97. The number of nitrogens with zero attached hydrogens (tertiary/aromatic N) is 2. The molecule has 0 saturated heterocycles. The lowest BCUT2D eigenvalue weighted by Gasteiger charge is -1.94. The number of aromatic nitrogens is 2. The SMILES string of the molecule is Clc1ccnc(-c2cc(Br)c(Cl)s2)n1. The van der Waals surface area contributed by atoms with Gasteiger partial charge < -0.3 is 0 Å². The molecule has 0 aliphatic heterocycles. The molecule has 0 aliphatic carbocycles. The average molecular weight is 310 g/mol. The molecule has 0 fully saturated rings. The van der Waals surface area contributed by atoms with Crippen molar-refractivity contribution in [2.45, 2.75) is 0 Å². The Kier molecular flexibility index (Phi) is 3.07. The molecular formula is C8H3BrCl2N2S. The van der Waals surface area contributed by atoms with E-state index in [4.69, 9.17) is 23.2 Å². The Morgan fingerprint density at radius 1 is 1.36 bits per heavy atom. The fraction of sp³-hybridized carbons (Fsp3) is 0. The Bertz CT molecular complexity index is 453. The van der Waals surface area contributed by atoms with E-state index in [9.17, 15) is 0 Å². The molecule has 2 aromatic rings. The summed E-state index contributed by atoms with van der Waals surface area (Å²) in [5.41, 5.74) is 0. The van der Waals surface area contributed by atoms with E-state index in [0.29, 0.717) is 15.3 Å². The molecule has 0 atom stereocenters. The maximum absolute atomic E-state index is 5.90. The van der Waals surface area contributed by atoms with Crippen LogP contribution in [0.25, 0.3) is 10.7 Å². The molecule has 6 heteroatoms. The van der Waals surface area contributed by atoms with Crippen molar-refractivity contribution in [3.8, 4) is 10.7 Å². The summed E-state index contributed by atoms with van der Waals surface area (Å²) in [6.45, 7) is 0. The van der Waals surface area contributed by atoms with Gasteiger partial charge in [-0.05, 0) is 28.1 Å². The fourth-order valence-corrected chi connectivity index (χ4v) is 2.69. The van der Waals surface area contributed by atoms with E-state index in [0.717, 1.165) is 9.35 Å². The van der Waals surface area contributed by atoms with Crippen molar-refractivity contribution in [2.24, 2.45) is 0 Å². The molecule has 2 heterocycles. The highest BCUT2D eigenvalue weighted by Crippen LogP contribution is 2.36. The van der Waals surface area contributed by atoms with Crippen LogP contribution in [0.4, 0.5) is 0 Å². The van der Waals surface area contributed by atoms with Crippen molar-refractivity contribution in [1.29, 1.82) is 0 Å². The number of rotatable bonds is 1. The molecule has 2 nitrogen and oxygen atoms in total. The predicted octanol–water partition coefficient (Wildman–Crippen LogP) is 4.27. The van der Waals surface area contributed by atoms with Crippen LogP contribution in [0.3, 0.4) is 0 Å². The summed E-state index contributed by atoms with van der Waals surface area (Å²) in [4.78, 5) is 9.08. The van der Waals surface area contributed by atoms with Crippen molar-refractivity contribution in [1.82, 2.24) is 9.97 Å². The Balaban J connectivity index is 2.49.